The fourth-order valence-electron chi connectivity index (χ4n) is 4.00. The lowest BCUT2D eigenvalue weighted by atomic mass is 10.1. The van der Waals surface area contributed by atoms with Gasteiger partial charge in [0.15, 0.2) is 5.96 Å². The second kappa shape index (κ2) is 8.97. The summed E-state index contributed by atoms with van der Waals surface area (Å²) in [6, 6.07) is 8.75. The highest BCUT2D eigenvalue weighted by Gasteiger charge is 2.24. The Bertz CT molecular complexity index is 567. The van der Waals surface area contributed by atoms with Crippen LogP contribution in [0.2, 0.25) is 0 Å². The first-order chi connectivity index (χ1) is 12.3. The molecule has 2 aliphatic rings. The minimum Gasteiger partial charge on any atom is -0.495 e. The number of nitrogens with two attached hydrogens (primary N) is 1. The van der Waals surface area contributed by atoms with E-state index in [4.69, 9.17) is 10.5 Å². The van der Waals surface area contributed by atoms with Crippen LogP contribution in [0.25, 0.3) is 0 Å². The van der Waals surface area contributed by atoms with Crippen LogP contribution in [0.1, 0.15) is 44.9 Å². The van der Waals surface area contributed by atoms with Gasteiger partial charge in [-0.05, 0) is 37.3 Å². The first kappa shape index (κ1) is 17.9. The van der Waals surface area contributed by atoms with Gasteiger partial charge in [0.05, 0.1) is 12.8 Å². The number of guanidine groups is 1. The van der Waals surface area contributed by atoms with Crippen LogP contribution in [0.4, 0.5) is 5.69 Å². The molecular formula is C20H32N4O. The van der Waals surface area contributed by atoms with Crippen molar-refractivity contribution in [3.63, 3.8) is 0 Å². The molecule has 5 heteroatoms. The quantitative estimate of drug-likeness (QED) is 0.489. The van der Waals surface area contributed by atoms with Crippen LogP contribution < -0.4 is 20.7 Å². The van der Waals surface area contributed by atoms with Gasteiger partial charge in [0, 0.05) is 25.7 Å². The number of ether oxygens (including phenoxy) is 1. The first-order valence-electron chi connectivity index (χ1n) is 9.70. The first-order valence-corrected chi connectivity index (χ1v) is 9.70. The molecule has 3 N–H and O–H groups in total. The molecule has 138 valence electrons. The molecule has 1 aromatic rings. The molecule has 0 radical (unpaired) electrons. The van der Waals surface area contributed by atoms with Crippen LogP contribution in [0.15, 0.2) is 29.3 Å². The third kappa shape index (κ3) is 5.03. The molecule has 25 heavy (non-hydrogen) atoms. The van der Waals surface area contributed by atoms with Crippen molar-refractivity contribution in [2.45, 2.75) is 51.0 Å². The molecule has 1 heterocycles. The van der Waals surface area contributed by atoms with E-state index in [1.54, 1.807) is 7.11 Å². The zero-order valence-electron chi connectivity index (χ0n) is 15.4. The largest absolute Gasteiger partial charge is 0.495 e. The summed E-state index contributed by atoms with van der Waals surface area (Å²) in [4.78, 5) is 7.02. The Kier molecular flexibility index (Phi) is 6.42. The Morgan fingerprint density at radius 1 is 1.20 bits per heavy atom. The summed E-state index contributed by atoms with van der Waals surface area (Å²) in [5, 5.41) is 3.44. The Morgan fingerprint density at radius 3 is 2.72 bits per heavy atom. The van der Waals surface area contributed by atoms with Crippen molar-refractivity contribution in [1.82, 2.24) is 5.32 Å². The van der Waals surface area contributed by atoms with Crippen molar-refractivity contribution >= 4 is 11.6 Å². The number of rotatable bonds is 5. The number of para-hydroxylation sites is 2. The molecule has 1 aromatic carbocycles. The van der Waals surface area contributed by atoms with Gasteiger partial charge in [-0.3, -0.25) is 4.99 Å². The van der Waals surface area contributed by atoms with E-state index in [1.165, 1.54) is 44.2 Å². The Hall–Kier alpha value is -1.91. The maximum atomic E-state index is 6.13. The summed E-state index contributed by atoms with van der Waals surface area (Å²) in [6.45, 7) is 2.87. The minimum absolute atomic E-state index is 0.514. The van der Waals surface area contributed by atoms with Crippen LogP contribution >= 0.6 is 0 Å². The summed E-state index contributed by atoms with van der Waals surface area (Å²) >= 11 is 0. The number of hydrogen-bond acceptors (Lipinski definition) is 3. The highest BCUT2D eigenvalue weighted by Crippen LogP contribution is 2.31. The summed E-state index contributed by atoms with van der Waals surface area (Å²) in [5.74, 6) is 2.13. The predicted octanol–water partition coefficient (Wildman–Crippen LogP) is 3.15. The maximum Gasteiger partial charge on any atom is 0.188 e. The standard InChI is InChI=1S/C20H32N4O/c1-25-19-11-7-6-10-18(19)24-13-12-16(15-24)14-22-20(21)23-17-8-4-2-3-5-9-17/h6-7,10-11,16-17H,2-5,8-9,12-15H2,1H3,(H3,21,22,23). The molecule has 2 fully saturated rings. The van der Waals surface area contributed by atoms with Crippen LogP contribution in [0.3, 0.4) is 0 Å². The van der Waals surface area contributed by atoms with Gasteiger partial charge < -0.3 is 20.7 Å². The summed E-state index contributed by atoms with van der Waals surface area (Å²) in [5.41, 5.74) is 7.31. The molecule has 1 unspecified atom stereocenters. The Morgan fingerprint density at radius 2 is 1.96 bits per heavy atom. The summed E-state index contributed by atoms with van der Waals surface area (Å²) in [6.07, 6.45) is 8.93. The topological polar surface area (TPSA) is 62.9 Å². The third-order valence-corrected chi connectivity index (χ3v) is 5.44. The lowest BCUT2D eigenvalue weighted by Gasteiger charge is -2.21. The number of nitrogens with zero attached hydrogens (tertiary/aromatic N) is 2. The van der Waals surface area contributed by atoms with E-state index in [0.29, 0.717) is 17.9 Å². The fourth-order valence-corrected chi connectivity index (χ4v) is 4.00. The summed E-state index contributed by atoms with van der Waals surface area (Å²) < 4.78 is 5.49. The van der Waals surface area contributed by atoms with E-state index < -0.39 is 0 Å². The second-order valence-corrected chi connectivity index (χ2v) is 7.33. The van der Waals surface area contributed by atoms with E-state index >= 15 is 0 Å². The van der Waals surface area contributed by atoms with Crippen molar-refractivity contribution in [1.29, 1.82) is 0 Å². The average molecular weight is 345 g/mol. The lowest BCUT2D eigenvalue weighted by Crippen LogP contribution is -2.40. The normalized spacial score (nSPS) is 22.7. The van der Waals surface area contributed by atoms with Gasteiger partial charge in [0.2, 0.25) is 0 Å². The van der Waals surface area contributed by atoms with Crippen molar-refractivity contribution in [2.75, 3.05) is 31.6 Å². The van der Waals surface area contributed by atoms with Crippen molar-refractivity contribution in [3.05, 3.63) is 24.3 Å². The molecular weight excluding hydrogens is 312 g/mol. The van der Waals surface area contributed by atoms with Gasteiger partial charge in [-0.1, -0.05) is 37.8 Å². The van der Waals surface area contributed by atoms with Gasteiger partial charge >= 0.3 is 0 Å². The third-order valence-electron chi connectivity index (χ3n) is 5.44. The van der Waals surface area contributed by atoms with E-state index in [1.807, 2.05) is 12.1 Å². The number of nitrogens with one attached hydrogen (secondary N) is 1. The maximum absolute atomic E-state index is 6.13. The predicted molar refractivity (Wildman–Crippen MR) is 104 cm³/mol. The zero-order valence-corrected chi connectivity index (χ0v) is 15.4. The van der Waals surface area contributed by atoms with E-state index in [9.17, 15) is 0 Å². The molecule has 1 aliphatic heterocycles. The summed E-state index contributed by atoms with van der Waals surface area (Å²) in [7, 11) is 1.73. The minimum atomic E-state index is 0.514. The van der Waals surface area contributed by atoms with E-state index in [-0.39, 0.29) is 0 Å². The van der Waals surface area contributed by atoms with Crippen LogP contribution in [0, 0.1) is 5.92 Å². The smallest absolute Gasteiger partial charge is 0.188 e. The van der Waals surface area contributed by atoms with Crippen LogP contribution in [-0.2, 0) is 0 Å². The average Bonchev–Trinajstić information content (AvgIpc) is 2.97. The Labute approximate surface area is 151 Å². The number of methoxy groups -OCH3 is 1. The van der Waals surface area contributed by atoms with E-state index in [0.717, 1.165) is 31.8 Å². The molecule has 5 nitrogen and oxygen atoms in total. The van der Waals surface area contributed by atoms with Crippen molar-refractivity contribution in [2.24, 2.45) is 16.6 Å². The van der Waals surface area contributed by atoms with Gasteiger partial charge in [0.25, 0.3) is 0 Å². The van der Waals surface area contributed by atoms with Gasteiger partial charge in [0.1, 0.15) is 5.75 Å². The number of aliphatic imine (C=N–C) groups is 1. The SMILES string of the molecule is COc1ccccc1N1CCC(CN=C(N)NC2CCCCCC2)C1. The molecule has 0 aromatic heterocycles. The fraction of sp³-hybridized carbons (Fsp3) is 0.650. The molecule has 1 saturated heterocycles. The van der Waals surface area contributed by atoms with Crippen LogP contribution in [-0.4, -0.2) is 38.7 Å². The zero-order chi connectivity index (χ0) is 17.5. The molecule has 1 saturated carbocycles. The number of hydrogen-bond donors (Lipinski definition) is 2. The van der Waals surface area contributed by atoms with Gasteiger partial charge in [-0.15, -0.1) is 0 Å². The van der Waals surface area contributed by atoms with Crippen LogP contribution in [0.5, 0.6) is 5.75 Å². The van der Waals surface area contributed by atoms with Gasteiger partial charge in [-0.25, -0.2) is 0 Å². The molecule has 0 spiro atoms. The molecule has 0 amide bonds. The highest BCUT2D eigenvalue weighted by atomic mass is 16.5. The highest BCUT2D eigenvalue weighted by molar-refractivity contribution is 5.78. The molecule has 1 atom stereocenters. The van der Waals surface area contributed by atoms with Crippen molar-refractivity contribution < 1.29 is 4.74 Å². The molecule has 3 rings (SSSR count). The van der Waals surface area contributed by atoms with Crippen molar-refractivity contribution in [3.8, 4) is 5.75 Å². The van der Waals surface area contributed by atoms with E-state index in [2.05, 4.69) is 27.3 Å². The van der Waals surface area contributed by atoms with Gasteiger partial charge in [-0.2, -0.15) is 0 Å². The Balaban J connectivity index is 1.49. The number of benzene rings is 1. The monoisotopic (exact) mass is 344 g/mol. The lowest BCUT2D eigenvalue weighted by molar-refractivity contribution is 0.414. The number of anilines is 1. The molecule has 1 aliphatic carbocycles. The second-order valence-electron chi connectivity index (χ2n) is 7.33. The molecule has 0 bridgehead atoms.